The zero-order valence-electron chi connectivity index (χ0n) is 14.9. The number of likely N-dealkylation sites (tertiary alicyclic amines) is 1. The average Bonchev–Trinajstić information content (AvgIpc) is 3.22. The van der Waals surface area contributed by atoms with Crippen molar-refractivity contribution >= 4 is 6.08 Å². The van der Waals surface area contributed by atoms with Crippen molar-refractivity contribution < 1.29 is 8.78 Å². The summed E-state index contributed by atoms with van der Waals surface area (Å²) < 4.78 is 27.2. The van der Waals surface area contributed by atoms with Crippen LogP contribution in [0.1, 0.15) is 48.4 Å². The molecular weight excluding hydrogens is 332 g/mol. The van der Waals surface area contributed by atoms with Gasteiger partial charge in [-0.15, -0.1) is 0 Å². The minimum Gasteiger partial charge on any atom is -0.300 e. The molecular formula is C21H23F2N3. The van der Waals surface area contributed by atoms with Gasteiger partial charge in [0, 0.05) is 37.7 Å². The lowest BCUT2D eigenvalue weighted by molar-refractivity contribution is 0.289. The summed E-state index contributed by atoms with van der Waals surface area (Å²) in [6.07, 6.45) is 4.57. The largest absolute Gasteiger partial charge is 0.300 e. The number of hydrogen-bond acceptors (Lipinski definition) is 3. The smallest absolute Gasteiger partial charge is 0.123 e. The van der Waals surface area contributed by atoms with E-state index >= 15 is 0 Å². The molecule has 1 aromatic carbocycles. The Morgan fingerprint density at radius 3 is 2.92 bits per heavy atom. The molecule has 3 atom stereocenters. The molecule has 1 saturated heterocycles. The third kappa shape index (κ3) is 3.40. The Labute approximate surface area is 152 Å². The average molecular weight is 355 g/mol. The van der Waals surface area contributed by atoms with E-state index in [2.05, 4.69) is 28.1 Å². The lowest BCUT2D eigenvalue weighted by Crippen LogP contribution is -2.23. The Morgan fingerprint density at radius 1 is 1.31 bits per heavy atom. The Kier molecular flexibility index (Phi) is 4.81. The van der Waals surface area contributed by atoms with E-state index in [1.807, 2.05) is 18.2 Å². The molecule has 2 aromatic rings. The molecule has 0 radical (unpaired) electrons. The van der Waals surface area contributed by atoms with Gasteiger partial charge in [-0.05, 0) is 48.2 Å². The Bertz CT molecular complexity index is 806. The van der Waals surface area contributed by atoms with Crippen LogP contribution in [0.15, 0.2) is 42.1 Å². The maximum absolute atomic E-state index is 13.7. The van der Waals surface area contributed by atoms with Gasteiger partial charge < -0.3 is 4.90 Å². The molecule has 3 unspecified atom stereocenters. The highest BCUT2D eigenvalue weighted by Gasteiger charge is 2.32. The minimum absolute atomic E-state index is 0.147. The van der Waals surface area contributed by atoms with Crippen molar-refractivity contribution in [1.82, 2.24) is 15.1 Å². The molecule has 26 heavy (non-hydrogen) atoms. The summed E-state index contributed by atoms with van der Waals surface area (Å²) in [7, 11) is 0. The van der Waals surface area contributed by atoms with Crippen LogP contribution in [0.25, 0.3) is 6.08 Å². The molecule has 1 fully saturated rings. The molecule has 0 bridgehead atoms. The molecule has 5 heteroatoms. The van der Waals surface area contributed by atoms with Crippen molar-refractivity contribution in [3.8, 4) is 0 Å². The van der Waals surface area contributed by atoms with Gasteiger partial charge in [0.2, 0.25) is 0 Å². The Balaban J connectivity index is 1.59. The highest BCUT2D eigenvalue weighted by Crippen LogP contribution is 2.46. The second-order valence-corrected chi connectivity index (χ2v) is 7.34. The Hall–Kier alpha value is -2.14. The summed E-state index contributed by atoms with van der Waals surface area (Å²) >= 11 is 0. The summed E-state index contributed by atoms with van der Waals surface area (Å²) in [5.41, 5.74) is 4.30. The zero-order chi connectivity index (χ0) is 18.1. The summed E-state index contributed by atoms with van der Waals surface area (Å²) in [6, 6.07) is 8.91. The molecule has 0 N–H and O–H groups in total. The normalized spacial score (nSPS) is 23.7. The number of alkyl halides is 1. The minimum atomic E-state index is -0.701. The van der Waals surface area contributed by atoms with Crippen molar-refractivity contribution in [2.24, 2.45) is 0 Å². The number of benzene rings is 1. The van der Waals surface area contributed by atoms with Crippen LogP contribution in [0.3, 0.4) is 0 Å². The zero-order valence-corrected chi connectivity index (χ0v) is 14.9. The van der Waals surface area contributed by atoms with E-state index in [0.717, 1.165) is 36.3 Å². The first-order valence-corrected chi connectivity index (χ1v) is 9.26. The second kappa shape index (κ2) is 7.23. The molecule has 0 saturated carbocycles. The third-order valence-corrected chi connectivity index (χ3v) is 5.62. The summed E-state index contributed by atoms with van der Waals surface area (Å²) in [4.78, 5) is 2.18. The topological polar surface area (TPSA) is 29.0 Å². The van der Waals surface area contributed by atoms with E-state index in [1.165, 1.54) is 11.6 Å². The van der Waals surface area contributed by atoms with Crippen molar-refractivity contribution in [2.75, 3.05) is 19.6 Å². The van der Waals surface area contributed by atoms with Gasteiger partial charge in [0.25, 0.3) is 0 Å². The standard InChI is InChI=1S/C21H23F2N3/c1-14(20-3-2-8-24-25-20)21-15(6-9-26-10-7-18(23)13-26)11-16-12-17(22)4-5-19(16)21/h2-5,8,11-12,14,18,21H,6-7,9-10,13H2,1H3. The number of rotatable bonds is 5. The molecule has 1 aliphatic heterocycles. The monoisotopic (exact) mass is 355 g/mol. The van der Waals surface area contributed by atoms with E-state index in [-0.39, 0.29) is 17.7 Å². The fourth-order valence-electron chi connectivity index (χ4n) is 4.26. The molecule has 0 amide bonds. The van der Waals surface area contributed by atoms with Crippen molar-refractivity contribution in [2.45, 2.75) is 37.8 Å². The highest BCUT2D eigenvalue weighted by atomic mass is 19.1. The first-order chi connectivity index (χ1) is 12.6. The molecule has 3 nitrogen and oxygen atoms in total. The molecule has 2 aliphatic rings. The van der Waals surface area contributed by atoms with Crippen molar-refractivity contribution in [1.29, 1.82) is 0 Å². The van der Waals surface area contributed by atoms with Crippen molar-refractivity contribution in [3.63, 3.8) is 0 Å². The van der Waals surface area contributed by atoms with Crippen LogP contribution < -0.4 is 0 Å². The van der Waals surface area contributed by atoms with E-state index in [0.29, 0.717) is 13.0 Å². The molecule has 136 valence electrons. The van der Waals surface area contributed by atoms with Gasteiger partial charge in [-0.2, -0.15) is 10.2 Å². The van der Waals surface area contributed by atoms with Crippen LogP contribution in [0.5, 0.6) is 0 Å². The number of aromatic nitrogens is 2. The van der Waals surface area contributed by atoms with Crippen LogP contribution in [0.2, 0.25) is 0 Å². The van der Waals surface area contributed by atoms with Gasteiger partial charge in [-0.1, -0.05) is 24.6 Å². The number of nitrogens with zero attached hydrogens (tertiary/aromatic N) is 3. The van der Waals surface area contributed by atoms with Gasteiger partial charge in [0.1, 0.15) is 12.0 Å². The highest BCUT2D eigenvalue weighted by molar-refractivity contribution is 5.67. The molecule has 2 heterocycles. The number of hydrogen-bond donors (Lipinski definition) is 0. The SMILES string of the molecule is CC(c1cccnn1)C1C(CCN2CCC(F)C2)=Cc2cc(F)ccc21. The predicted octanol–water partition coefficient (Wildman–Crippen LogP) is 4.33. The van der Waals surface area contributed by atoms with E-state index < -0.39 is 6.17 Å². The molecule has 4 rings (SSSR count). The van der Waals surface area contributed by atoms with Crippen LogP contribution in [0, 0.1) is 5.82 Å². The fraction of sp³-hybridized carbons (Fsp3) is 0.429. The maximum atomic E-state index is 13.7. The summed E-state index contributed by atoms with van der Waals surface area (Å²) in [5.74, 6) is 0.0900. The van der Waals surface area contributed by atoms with E-state index in [1.54, 1.807) is 12.3 Å². The quantitative estimate of drug-likeness (QED) is 0.799. The van der Waals surface area contributed by atoms with Crippen LogP contribution in [-0.2, 0) is 0 Å². The number of halogens is 2. The fourth-order valence-corrected chi connectivity index (χ4v) is 4.26. The van der Waals surface area contributed by atoms with E-state index in [9.17, 15) is 8.78 Å². The van der Waals surface area contributed by atoms with Crippen LogP contribution in [-0.4, -0.2) is 40.9 Å². The summed E-state index contributed by atoms with van der Waals surface area (Å²) in [6.45, 7) is 4.33. The van der Waals surface area contributed by atoms with Crippen molar-refractivity contribution in [3.05, 3.63) is 64.7 Å². The van der Waals surface area contributed by atoms with Gasteiger partial charge >= 0.3 is 0 Å². The predicted molar refractivity (Wildman–Crippen MR) is 98.1 cm³/mol. The second-order valence-electron chi connectivity index (χ2n) is 7.34. The lowest BCUT2D eigenvalue weighted by Gasteiger charge is -2.25. The first-order valence-electron chi connectivity index (χ1n) is 9.26. The summed E-state index contributed by atoms with van der Waals surface area (Å²) in [5, 5.41) is 8.29. The molecule has 0 spiro atoms. The first kappa shape index (κ1) is 17.3. The van der Waals surface area contributed by atoms with Crippen LogP contribution >= 0.6 is 0 Å². The number of fused-ring (bicyclic) bond motifs is 1. The van der Waals surface area contributed by atoms with E-state index in [4.69, 9.17) is 0 Å². The van der Waals surface area contributed by atoms with Crippen LogP contribution in [0.4, 0.5) is 8.78 Å². The van der Waals surface area contributed by atoms with Gasteiger partial charge in [-0.3, -0.25) is 0 Å². The van der Waals surface area contributed by atoms with Gasteiger partial charge in [0.15, 0.2) is 0 Å². The van der Waals surface area contributed by atoms with Gasteiger partial charge in [0.05, 0.1) is 5.69 Å². The molecule has 1 aliphatic carbocycles. The van der Waals surface area contributed by atoms with Gasteiger partial charge in [-0.25, -0.2) is 8.78 Å². The maximum Gasteiger partial charge on any atom is 0.123 e. The lowest BCUT2D eigenvalue weighted by atomic mass is 9.81. The Morgan fingerprint density at radius 2 is 2.19 bits per heavy atom. The third-order valence-electron chi connectivity index (χ3n) is 5.62. The molecule has 1 aromatic heterocycles.